The van der Waals surface area contributed by atoms with Crippen molar-refractivity contribution in [3.8, 4) is 5.75 Å². The van der Waals surface area contributed by atoms with E-state index >= 15 is 0 Å². The second-order valence-corrected chi connectivity index (χ2v) is 10.1. The number of carbonyl (C=O) groups excluding carboxylic acids is 1. The van der Waals surface area contributed by atoms with E-state index in [1.165, 1.54) is 38.5 Å². The summed E-state index contributed by atoms with van der Waals surface area (Å²) in [6, 6.07) is 9.34. The van der Waals surface area contributed by atoms with Crippen molar-refractivity contribution < 1.29 is 9.53 Å². The van der Waals surface area contributed by atoms with Crippen LogP contribution in [0.3, 0.4) is 0 Å². The van der Waals surface area contributed by atoms with Crippen LogP contribution in [0, 0.1) is 23.2 Å². The van der Waals surface area contributed by atoms with E-state index in [1.807, 2.05) is 18.2 Å². The first-order chi connectivity index (χ1) is 14.5. The molecule has 0 aliphatic heterocycles. The van der Waals surface area contributed by atoms with Gasteiger partial charge < -0.3 is 10.1 Å². The van der Waals surface area contributed by atoms with Gasteiger partial charge in [-0.25, -0.2) is 4.68 Å². The summed E-state index contributed by atoms with van der Waals surface area (Å²) in [6.07, 6.45) is 10.9. The van der Waals surface area contributed by atoms with Crippen molar-refractivity contribution in [2.45, 2.75) is 64.6 Å². The van der Waals surface area contributed by atoms with Crippen molar-refractivity contribution >= 4 is 17.5 Å². The van der Waals surface area contributed by atoms with Crippen LogP contribution < -0.4 is 10.1 Å². The van der Waals surface area contributed by atoms with Crippen molar-refractivity contribution in [1.82, 2.24) is 15.1 Å². The standard InChI is InChI=1S/C24H30ClN3O2/c1-2-22(24-12-16-9-17(13-24)11-18(10-16)14-24)26-23(29)20-7-8-28(27-20)15-30-21-6-4-3-5-19(21)25/h3-8,16-18,22H,2,9-15H2,1H3,(H,26,29). The normalized spacial score (nSPS) is 30.3. The summed E-state index contributed by atoms with van der Waals surface area (Å²) in [4.78, 5) is 13.0. The molecule has 4 aliphatic rings. The van der Waals surface area contributed by atoms with Gasteiger partial charge in [-0.3, -0.25) is 4.79 Å². The summed E-state index contributed by atoms with van der Waals surface area (Å²) in [5, 5.41) is 8.34. The number of nitrogens with one attached hydrogen (secondary N) is 1. The number of amides is 1. The third-order valence-corrected chi connectivity index (χ3v) is 7.91. The highest BCUT2D eigenvalue weighted by Gasteiger charge is 2.54. The van der Waals surface area contributed by atoms with Crippen LogP contribution in [-0.4, -0.2) is 21.7 Å². The maximum absolute atomic E-state index is 13.0. The molecule has 6 rings (SSSR count). The molecule has 2 aromatic rings. The molecule has 0 saturated heterocycles. The van der Waals surface area contributed by atoms with Gasteiger partial charge >= 0.3 is 0 Å². The minimum Gasteiger partial charge on any atom is -0.470 e. The van der Waals surface area contributed by atoms with E-state index in [9.17, 15) is 4.79 Å². The fraction of sp³-hybridized carbons (Fsp3) is 0.583. The van der Waals surface area contributed by atoms with Gasteiger partial charge in [-0.1, -0.05) is 30.7 Å². The lowest BCUT2D eigenvalue weighted by molar-refractivity contribution is -0.0727. The number of aromatic nitrogens is 2. The molecule has 160 valence electrons. The molecule has 5 nitrogen and oxygen atoms in total. The highest BCUT2D eigenvalue weighted by molar-refractivity contribution is 6.32. The molecule has 4 aliphatic carbocycles. The molecule has 4 bridgehead atoms. The van der Waals surface area contributed by atoms with Gasteiger partial charge in [0.2, 0.25) is 0 Å². The third kappa shape index (κ3) is 3.73. The predicted octanol–water partition coefficient (Wildman–Crippen LogP) is 5.30. The van der Waals surface area contributed by atoms with Crippen LogP contribution in [0.15, 0.2) is 36.5 Å². The van der Waals surface area contributed by atoms with Gasteiger partial charge in [0.25, 0.3) is 5.91 Å². The zero-order valence-corrected chi connectivity index (χ0v) is 18.3. The molecular formula is C24H30ClN3O2. The second kappa shape index (κ2) is 7.92. The number of halogens is 1. The molecule has 4 fully saturated rings. The Kier molecular flexibility index (Phi) is 5.26. The van der Waals surface area contributed by atoms with Gasteiger partial charge in [0.1, 0.15) is 11.4 Å². The molecule has 4 saturated carbocycles. The zero-order chi connectivity index (χ0) is 20.7. The van der Waals surface area contributed by atoms with Crippen LogP contribution in [0.1, 0.15) is 62.4 Å². The summed E-state index contributed by atoms with van der Waals surface area (Å²) >= 11 is 6.13. The molecule has 1 aromatic heterocycles. The fourth-order valence-electron chi connectivity index (χ4n) is 6.78. The van der Waals surface area contributed by atoms with Gasteiger partial charge in [0.15, 0.2) is 6.73 Å². The number of rotatable bonds is 7. The molecule has 1 atom stereocenters. The predicted molar refractivity (Wildman–Crippen MR) is 116 cm³/mol. The number of para-hydroxylation sites is 1. The summed E-state index contributed by atoms with van der Waals surface area (Å²) in [6.45, 7) is 2.42. The van der Waals surface area contributed by atoms with Crippen LogP contribution in [0.4, 0.5) is 0 Å². The van der Waals surface area contributed by atoms with E-state index in [4.69, 9.17) is 16.3 Å². The van der Waals surface area contributed by atoms with E-state index in [0.29, 0.717) is 21.9 Å². The highest BCUT2D eigenvalue weighted by atomic mass is 35.5. The maximum Gasteiger partial charge on any atom is 0.272 e. The number of nitrogens with zero attached hydrogens (tertiary/aromatic N) is 2. The van der Waals surface area contributed by atoms with E-state index in [1.54, 1.807) is 23.0 Å². The number of hydrogen-bond acceptors (Lipinski definition) is 3. The SMILES string of the molecule is CCC(NC(=O)c1ccn(COc2ccccc2Cl)n1)C12CC3CC(CC(C3)C1)C2. The smallest absolute Gasteiger partial charge is 0.272 e. The molecule has 6 heteroatoms. The lowest BCUT2D eigenvalue weighted by Gasteiger charge is -2.59. The number of ether oxygens (including phenoxy) is 1. The summed E-state index contributed by atoms with van der Waals surface area (Å²) in [5.41, 5.74) is 0.746. The Bertz CT molecular complexity index is 889. The largest absolute Gasteiger partial charge is 0.470 e. The zero-order valence-electron chi connectivity index (χ0n) is 17.5. The van der Waals surface area contributed by atoms with Crippen LogP contribution >= 0.6 is 11.6 Å². The Hall–Kier alpha value is -2.01. The van der Waals surface area contributed by atoms with Crippen LogP contribution in [0.5, 0.6) is 5.75 Å². The lowest BCUT2D eigenvalue weighted by atomic mass is 9.47. The van der Waals surface area contributed by atoms with E-state index in [0.717, 1.165) is 24.2 Å². The Morgan fingerprint density at radius 2 is 1.87 bits per heavy atom. The highest BCUT2D eigenvalue weighted by Crippen LogP contribution is 2.61. The van der Waals surface area contributed by atoms with Crippen LogP contribution in [0.25, 0.3) is 0 Å². The third-order valence-electron chi connectivity index (χ3n) is 7.60. The minimum atomic E-state index is -0.0749. The molecule has 1 heterocycles. The summed E-state index contributed by atoms with van der Waals surface area (Å²) in [5.74, 6) is 3.16. The minimum absolute atomic E-state index is 0.0749. The maximum atomic E-state index is 13.0. The van der Waals surface area contributed by atoms with Crippen molar-refractivity contribution in [2.24, 2.45) is 23.2 Å². The lowest BCUT2D eigenvalue weighted by Crippen LogP contribution is -2.56. The molecule has 1 unspecified atom stereocenters. The van der Waals surface area contributed by atoms with E-state index < -0.39 is 0 Å². The van der Waals surface area contributed by atoms with E-state index in [2.05, 4.69) is 17.3 Å². The van der Waals surface area contributed by atoms with Crippen LogP contribution in [-0.2, 0) is 6.73 Å². The summed E-state index contributed by atoms with van der Waals surface area (Å²) < 4.78 is 7.35. The quantitative estimate of drug-likeness (QED) is 0.652. The van der Waals surface area contributed by atoms with E-state index in [-0.39, 0.29) is 18.7 Å². The number of carbonyl (C=O) groups is 1. The molecule has 0 radical (unpaired) electrons. The van der Waals surface area contributed by atoms with Gasteiger partial charge in [-0.15, -0.1) is 0 Å². The van der Waals surface area contributed by atoms with Gasteiger partial charge in [0.05, 0.1) is 5.02 Å². The Morgan fingerprint density at radius 3 is 2.50 bits per heavy atom. The van der Waals surface area contributed by atoms with Crippen molar-refractivity contribution in [1.29, 1.82) is 0 Å². The molecule has 1 amide bonds. The molecule has 1 N–H and O–H groups in total. The molecule has 30 heavy (non-hydrogen) atoms. The van der Waals surface area contributed by atoms with Crippen molar-refractivity contribution in [3.05, 3.63) is 47.2 Å². The Labute approximate surface area is 183 Å². The first kappa shape index (κ1) is 19.9. The Balaban J connectivity index is 1.23. The second-order valence-electron chi connectivity index (χ2n) is 9.66. The number of hydrogen-bond donors (Lipinski definition) is 1. The average molecular weight is 428 g/mol. The van der Waals surface area contributed by atoms with Crippen LogP contribution in [0.2, 0.25) is 5.02 Å². The topological polar surface area (TPSA) is 56.2 Å². The van der Waals surface area contributed by atoms with Crippen molar-refractivity contribution in [3.63, 3.8) is 0 Å². The Morgan fingerprint density at radius 1 is 1.20 bits per heavy atom. The van der Waals surface area contributed by atoms with Gasteiger partial charge in [-0.2, -0.15) is 5.10 Å². The van der Waals surface area contributed by atoms with Gasteiger partial charge in [-0.05, 0) is 86.3 Å². The molecule has 1 aromatic carbocycles. The average Bonchev–Trinajstić information content (AvgIpc) is 3.19. The first-order valence-corrected chi connectivity index (χ1v) is 11.6. The van der Waals surface area contributed by atoms with Crippen molar-refractivity contribution in [2.75, 3.05) is 0 Å². The summed E-state index contributed by atoms with van der Waals surface area (Å²) in [7, 11) is 0. The number of benzene rings is 1. The molecule has 0 spiro atoms. The van der Waals surface area contributed by atoms with Gasteiger partial charge in [0, 0.05) is 12.2 Å². The molecular weight excluding hydrogens is 398 g/mol. The fourth-order valence-corrected chi connectivity index (χ4v) is 6.97. The first-order valence-electron chi connectivity index (χ1n) is 11.3. The monoisotopic (exact) mass is 427 g/mol.